The highest BCUT2D eigenvalue weighted by molar-refractivity contribution is 7.10. The molecule has 0 saturated heterocycles. The van der Waals surface area contributed by atoms with Crippen LogP contribution in [0.15, 0.2) is 35.7 Å². The van der Waals surface area contributed by atoms with E-state index >= 15 is 0 Å². The van der Waals surface area contributed by atoms with Crippen molar-refractivity contribution in [3.05, 3.63) is 51.2 Å². The number of thiophene rings is 1. The summed E-state index contributed by atoms with van der Waals surface area (Å²) in [6.45, 7) is 0. The fraction of sp³-hybridized carbons (Fsp3) is 0.154. The molecule has 4 heteroatoms. The van der Waals surface area contributed by atoms with Gasteiger partial charge in [0.2, 0.25) is 5.91 Å². The summed E-state index contributed by atoms with van der Waals surface area (Å²) in [5, 5.41) is 5.63. The molecule has 3 rings (SSSR count). The summed E-state index contributed by atoms with van der Waals surface area (Å²) in [6.07, 6.45) is 0.509. The first-order valence-corrected chi connectivity index (χ1v) is 6.62. The van der Waals surface area contributed by atoms with E-state index in [1.165, 1.54) is 4.88 Å². The van der Waals surface area contributed by atoms with Crippen molar-refractivity contribution in [3.63, 3.8) is 0 Å². The Labute approximate surface area is 108 Å². The van der Waals surface area contributed by atoms with E-state index in [9.17, 15) is 4.79 Å². The van der Waals surface area contributed by atoms with Crippen LogP contribution in [0.3, 0.4) is 0 Å². The number of hydrogen-bond donors (Lipinski definition) is 1. The molecule has 1 aromatic heterocycles. The molecule has 2 aromatic rings. The lowest BCUT2D eigenvalue weighted by Gasteiger charge is -2.22. The monoisotopic (exact) mass is 263 g/mol. The molecule has 1 aliphatic heterocycles. The van der Waals surface area contributed by atoms with Gasteiger partial charge in [-0.25, -0.2) is 0 Å². The SMILES string of the molecule is O=C1C[C@H](c2ccc(Cl)cc2)c2sccc2N1. The molecule has 17 heavy (non-hydrogen) atoms. The predicted molar refractivity (Wildman–Crippen MR) is 70.9 cm³/mol. The average molecular weight is 264 g/mol. The van der Waals surface area contributed by atoms with Crippen molar-refractivity contribution >= 4 is 34.5 Å². The maximum Gasteiger partial charge on any atom is 0.225 e. The number of nitrogens with one attached hydrogen (secondary N) is 1. The molecule has 0 unspecified atom stereocenters. The fourth-order valence-electron chi connectivity index (χ4n) is 2.14. The maximum absolute atomic E-state index is 11.6. The van der Waals surface area contributed by atoms with Crippen molar-refractivity contribution in [3.8, 4) is 0 Å². The van der Waals surface area contributed by atoms with Crippen molar-refractivity contribution in [2.24, 2.45) is 0 Å². The number of anilines is 1. The van der Waals surface area contributed by atoms with Crippen LogP contribution in [0.5, 0.6) is 0 Å². The molecular weight excluding hydrogens is 254 g/mol. The number of amides is 1. The van der Waals surface area contributed by atoms with Gasteiger partial charge in [-0.05, 0) is 29.1 Å². The summed E-state index contributed by atoms with van der Waals surface area (Å²) in [7, 11) is 0. The van der Waals surface area contributed by atoms with Crippen molar-refractivity contribution < 1.29 is 4.79 Å². The molecule has 2 heterocycles. The second kappa shape index (κ2) is 4.17. The number of fused-ring (bicyclic) bond motifs is 1. The van der Waals surface area contributed by atoms with E-state index in [4.69, 9.17) is 11.6 Å². The van der Waals surface area contributed by atoms with E-state index < -0.39 is 0 Å². The number of hydrogen-bond acceptors (Lipinski definition) is 2. The molecule has 1 atom stereocenters. The third-order valence-corrected chi connectivity index (χ3v) is 4.23. The van der Waals surface area contributed by atoms with Gasteiger partial charge in [-0.15, -0.1) is 11.3 Å². The highest BCUT2D eigenvalue weighted by Gasteiger charge is 2.27. The van der Waals surface area contributed by atoms with E-state index in [1.807, 2.05) is 35.7 Å². The lowest BCUT2D eigenvalue weighted by molar-refractivity contribution is -0.116. The predicted octanol–water partition coefficient (Wildman–Crippen LogP) is 3.88. The van der Waals surface area contributed by atoms with Gasteiger partial charge in [0.15, 0.2) is 0 Å². The van der Waals surface area contributed by atoms with Crippen molar-refractivity contribution in [2.75, 3.05) is 5.32 Å². The molecule has 0 radical (unpaired) electrons. The highest BCUT2D eigenvalue weighted by atomic mass is 35.5. The van der Waals surface area contributed by atoms with Crippen LogP contribution in [0.25, 0.3) is 0 Å². The third-order valence-electron chi connectivity index (χ3n) is 2.95. The van der Waals surface area contributed by atoms with Crippen LogP contribution in [-0.2, 0) is 4.79 Å². The second-order valence-corrected chi connectivity index (χ2v) is 5.44. The second-order valence-electron chi connectivity index (χ2n) is 4.05. The molecule has 1 aliphatic rings. The number of halogens is 1. The molecule has 2 nitrogen and oxygen atoms in total. The van der Waals surface area contributed by atoms with Crippen LogP contribution in [0.4, 0.5) is 5.69 Å². The minimum atomic E-state index is 0.0795. The maximum atomic E-state index is 11.6. The smallest absolute Gasteiger partial charge is 0.225 e. The minimum absolute atomic E-state index is 0.0795. The summed E-state index contributed by atoms with van der Waals surface area (Å²) in [6, 6.07) is 9.69. The Kier molecular flexibility index (Phi) is 2.65. The van der Waals surface area contributed by atoms with Gasteiger partial charge in [0, 0.05) is 22.2 Å². The molecule has 1 amide bonds. The quantitative estimate of drug-likeness (QED) is 0.831. The van der Waals surface area contributed by atoms with Crippen LogP contribution in [0.1, 0.15) is 22.8 Å². The summed E-state index contributed by atoms with van der Waals surface area (Å²) in [4.78, 5) is 12.9. The number of carbonyl (C=O) groups is 1. The number of benzene rings is 1. The Morgan fingerprint density at radius 1 is 1.24 bits per heavy atom. The molecule has 0 spiro atoms. The van der Waals surface area contributed by atoms with Gasteiger partial charge in [-0.1, -0.05) is 23.7 Å². The summed E-state index contributed by atoms with van der Waals surface area (Å²) in [5.74, 6) is 0.242. The van der Waals surface area contributed by atoms with Gasteiger partial charge >= 0.3 is 0 Å². The van der Waals surface area contributed by atoms with Crippen LogP contribution in [-0.4, -0.2) is 5.91 Å². The van der Waals surface area contributed by atoms with Gasteiger partial charge in [-0.2, -0.15) is 0 Å². The zero-order chi connectivity index (χ0) is 11.8. The Bertz CT molecular complexity index is 561. The van der Waals surface area contributed by atoms with E-state index in [1.54, 1.807) is 11.3 Å². The van der Waals surface area contributed by atoms with Crippen molar-refractivity contribution in [1.29, 1.82) is 0 Å². The Hall–Kier alpha value is -1.32. The summed E-state index contributed by atoms with van der Waals surface area (Å²) in [5.41, 5.74) is 2.10. The fourth-order valence-corrected chi connectivity index (χ4v) is 3.24. The van der Waals surface area contributed by atoms with Gasteiger partial charge in [-0.3, -0.25) is 4.79 Å². The minimum Gasteiger partial charge on any atom is -0.325 e. The summed E-state index contributed by atoms with van der Waals surface area (Å²) < 4.78 is 0. The molecule has 0 aliphatic carbocycles. The Morgan fingerprint density at radius 2 is 2.00 bits per heavy atom. The normalized spacial score (nSPS) is 18.6. The highest BCUT2D eigenvalue weighted by Crippen LogP contribution is 2.40. The van der Waals surface area contributed by atoms with Crippen LogP contribution < -0.4 is 5.32 Å². The van der Waals surface area contributed by atoms with E-state index in [-0.39, 0.29) is 11.8 Å². The first-order chi connectivity index (χ1) is 8.24. The third kappa shape index (κ3) is 1.96. The van der Waals surface area contributed by atoms with Crippen LogP contribution in [0.2, 0.25) is 5.02 Å². The average Bonchev–Trinajstić information content (AvgIpc) is 2.77. The van der Waals surface area contributed by atoms with Gasteiger partial charge in [0.1, 0.15) is 0 Å². The van der Waals surface area contributed by atoms with Gasteiger partial charge in [0.05, 0.1) is 5.69 Å². The molecule has 1 aromatic carbocycles. The van der Waals surface area contributed by atoms with Gasteiger partial charge in [0.25, 0.3) is 0 Å². The standard InChI is InChI=1S/C13H10ClNOS/c14-9-3-1-8(2-4-9)10-7-12(16)15-11-5-6-17-13(10)11/h1-6,10H,7H2,(H,15,16)/t10-/m1/s1. The topological polar surface area (TPSA) is 29.1 Å². The lowest BCUT2D eigenvalue weighted by Crippen LogP contribution is -2.21. The largest absolute Gasteiger partial charge is 0.325 e. The van der Waals surface area contributed by atoms with Crippen LogP contribution in [0, 0.1) is 0 Å². The number of rotatable bonds is 1. The zero-order valence-electron chi connectivity index (χ0n) is 8.94. The first-order valence-electron chi connectivity index (χ1n) is 5.37. The lowest BCUT2D eigenvalue weighted by atomic mass is 9.91. The number of carbonyl (C=O) groups excluding carboxylic acids is 1. The zero-order valence-corrected chi connectivity index (χ0v) is 10.5. The Morgan fingerprint density at radius 3 is 2.76 bits per heavy atom. The first kappa shape index (κ1) is 10.8. The van der Waals surface area contributed by atoms with E-state index in [0.717, 1.165) is 16.3 Å². The summed E-state index contributed by atoms with van der Waals surface area (Å²) >= 11 is 7.57. The molecule has 0 fully saturated rings. The van der Waals surface area contributed by atoms with Crippen LogP contribution >= 0.6 is 22.9 Å². The van der Waals surface area contributed by atoms with E-state index in [0.29, 0.717) is 6.42 Å². The Balaban J connectivity index is 2.04. The molecule has 1 N–H and O–H groups in total. The van der Waals surface area contributed by atoms with E-state index in [2.05, 4.69) is 5.32 Å². The van der Waals surface area contributed by atoms with Crippen molar-refractivity contribution in [2.45, 2.75) is 12.3 Å². The molecular formula is C13H10ClNOS. The molecule has 0 bridgehead atoms. The molecule has 86 valence electrons. The molecule has 0 saturated carbocycles. The van der Waals surface area contributed by atoms with Crippen molar-refractivity contribution in [1.82, 2.24) is 0 Å². The van der Waals surface area contributed by atoms with Gasteiger partial charge < -0.3 is 5.32 Å².